The van der Waals surface area contributed by atoms with Crippen molar-refractivity contribution in [3.8, 4) is 17.6 Å². The third-order valence-corrected chi connectivity index (χ3v) is 4.85. The molecule has 0 fully saturated rings. The number of benzene rings is 3. The number of rotatable bonds is 3. The van der Waals surface area contributed by atoms with E-state index in [9.17, 15) is 0 Å². The van der Waals surface area contributed by atoms with Crippen LogP contribution in [0.15, 0.2) is 72.8 Å². The molecule has 134 valence electrons. The summed E-state index contributed by atoms with van der Waals surface area (Å²) in [6.45, 7) is 1.46. The van der Waals surface area contributed by atoms with Gasteiger partial charge >= 0.3 is 0 Å². The lowest BCUT2D eigenvalue weighted by Crippen LogP contribution is -2.28. The van der Waals surface area contributed by atoms with Crippen molar-refractivity contribution in [2.75, 3.05) is 6.54 Å². The van der Waals surface area contributed by atoms with Gasteiger partial charge in [-0.3, -0.25) is 5.32 Å². The van der Waals surface area contributed by atoms with E-state index in [0.29, 0.717) is 6.61 Å². The molecule has 0 aliphatic carbocycles. The minimum Gasteiger partial charge on any atom is -0.489 e. The maximum Gasteiger partial charge on any atom is 0.119 e. The molecule has 1 unspecified atom stereocenters. The van der Waals surface area contributed by atoms with Gasteiger partial charge in [0, 0.05) is 17.1 Å². The third kappa shape index (κ3) is 4.52. The molecule has 4 rings (SSSR count). The molecule has 0 amide bonds. The summed E-state index contributed by atoms with van der Waals surface area (Å²) < 4.78 is 5.82. The van der Waals surface area contributed by atoms with Crippen LogP contribution in [0.2, 0.25) is 5.02 Å². The van der Waals surface area contributed by atoms with Crippen LogP contribution in [0, 0.1) is 11.8 Å². The number of hydrogen-bond donors (Lipinski definition) is 1. The standard InChI is InChI=1S/C24H20ClNO/c25-21-6-3-4-19(16-21)17-27-22-11-8-18(9-12-22)10-13-24-23-7-2-1-5-20(23)14-15-26-24/h1-9,11-12,16,24,26H,14-15,17H2. The van der Waals surface area contributed by atoms with Gasteiger partial charge < -0.3 is 4.74 Å². The lowest BCUT2D eigenvalue weighted by Gasteiger charge is -2.22. The van der Waals surface area contributed by atoms with Crippen LogP contribution < -0.4 is 10.1 Å². The number of fused-ring (bicyclic) bond motifs is 1. The van der Waals surface area contributed by atoms with E-state index in [1.165, 1.54) is 11.1 Å². The first-order valence-corrected chi connectivity index (χ1v) is 9.46. The van der Waals surface area contributed by atoms with Crippen molar-refractivity contribution in [2.45, 2.75) is 19.1 Å². The number of halogens is 1. The lowest BCUT2D eigenvalue weighted by atomic mass is 9.94. The quantitative estimate of drug-likeness (QED) is 0.640. The van der Waals surface area contributed by atoms with Crippen LogP contribution in [0.5, 0.6) is 5.75 Å². The molecular formula is C24H20ClNO. The van der Waals surface area contributed by atoms with Gasteiger partial charge in [-0.15, -0.1) is 0 Å². The van der Waals surface area contributed by atoms with E-state index < -0.39 is 0 Å². The van der Waals surface area contributed by atoms with Gasteiger partial charge in [0.2, 0.25) is 0 Å². The van der Waals surface area contributed by atoms with Crippen LogP contribution in [-0.2, 0) is 13.0 Å². The van der Waals surface area contributed by atoms with Gasteiger partial charge in [-0.1, -0.05) is 59.8 Å². The molecule has 1 N–H and O–H groups in total. The zero-order chi connectivity index (χ0) is 18.5. The fraction of sp³-hybridized carbons (Fsp3) is 0.167. The molecule has 2 nitrogen and oxygen atoms in total. The van der Waals surface area contributed by atoms with E-state index in [0.717, 1.165) is 34.9 Å². The van der Waals surface area contributed by atoms with Crippen LogP contribution in [0.4, 0.5) is 0 Å². The molecule has 0 radical (unpaired) electrons. The first-order valence-electron chi connectivity index (χ1n) is 9.08. The first kappa shape index (κ1) is 17.7. The summed E-state index contributed by atoms with van der Waals surface area (Å²) in [5.74, 6) is 7.46. The first-order chi connectivity index (χ1) is 13.3. The molecule has 27 heavy (non-hydrogen) atoms. The van der Waals surface area contributed by atoms with Gasteiger partial charge in [-0.2, -0.15) is 0 Å². The molecule has 0 aromatic heterocycles. The Morgan fingerprint density at radius 2 is 1.85 bits per heavy atom. The average molecular weight is 374 g/mol. The molecule has 3 aromatic carbocycles. The summed E-state index contributed by atoms with van der Waals surface area (Å²) >= 11 is 6.00. The molecule has 0 spiro atoms. The van der Waals surface area contributed by atoms with Crippen LogP contribution in [0.3, 0.4) is 0 Å². The maximum atomic E-state index is 6.00. The predicted molar refractivity (Wildman–Crippen MR) is 110 cm³/mol. The second kappa shape index (κ2) is 8.31. The molecular weight excluding hydrogens is 354 g/mol. The summed E-state index contributed by atoms with van der Waals surface area (Å²) in [6.07, 6.45) is 1.06. The summed E-state index contributed by atoms with van der Waals surface area (Å²) in [5, 5.41) is 4.21. The topological polar surface area (TPSA) is 21.3 Å². The van der Waals surface area contributed by atoms with Crippen molar-refractivity contribution in [2.24, 2.45) is 0 Å². The Morgan fingerprint density at radius 1 is 1.00 bits per heavy atom. The SMILES string of the molecule is Clc1cccc(COc2ccc(C#CC3NCCc4ccccc43)cc2)c1. The Kier molecular flexibility index (Phi) is 5.44. The highest BCUT2D eigenvalue weighted by molar-refractivity contribution is 6.30. The Balaban J connectivity index is 1.41. The Bertz CT molecular complexity index is 985. The van der Waals surface area contributed by atoms with Gasteiger partial charge in [0.15, 0.2) is 0 Å². The fourth-order valence-electron chi connectivity index (χ4n) is 3.22. The largest absolute Gasteiger partial charge is 0.489 e. The van der Waals surface area contributed by atoms with Gasteiger partial charge in [0.05, 0.1) is 6.04 Å². The zero-order valence-corrected chi connectivity index (χ0v) is 15.7. The highest BCUT2D eigenvalue weighted by atomic mass is 35.5. The van der Waals surface area contributed by atoms with Crippen LogP contribution >= 0.6 is 11.6 Å². The van der Waals surface area contributed by atoms with E-state index in [4.69, 9.17) is 16.3 Å². The highest BCUT2D eigenvalue weighted by Crippen LogP contribution is 2.22. The van der Waals surface area contributed by atoms with E-state index >= 15 is 0 Å². The van der Waals surface area contributed by atoms with Crippen molar-refractivity contribution in [1.29, 1.82) is 0 Å². The third-order valence-electron chi connectivity index (χ3n) is 4.62. The van der Waals surface area contributed by atoms with Crippen molar-refractivity contribution in [3.63, 3.8) is 0 Å². The summed E-state index contributed by atoms with van der Waals surface area (Å²) in [5.41, 5.74) is 4.71. The smallest absolute Gasteiger partial charge is 0.119 e. The van der Waals surface area contributed by atoms with Gasteiger partial charge in [0.25, 0.3) is 0 Å². The fourth-order valence-corrected chi connectivity index (χ4v) is 3.43. The van der Waals surface area contributed by atoms with Crippen molar-refractivity contribution in [1.82, 2.24) is 5.32 Å². The Labute approximate surface area is 165 Å². The van der Waals surface area contributed by atoms with Crippen molar-refractivity contribution < 1.29 is 4.74 Å². The van der Waals surface area contributed by atoms with Crippen molar-refractivity contribution >= 4 is 11.6 Å². The molecule has 3 heteroatoms. The molecule has 1 aliphatic rings. The molecule has 1 aliphatic heterocycles. The van der Waals surface area contributed by atoms with E-state index in [-0.39, 0.29) is 6.04 Å². The molecule has 1 heterocycles. The van der Waals surface area contributed by atoms with E-state index in [2.05, 4.69) is 41.4 Å². The van der Waals surface area contributed by atoms with Crippen LogP contribution in [-0.4, -0.2) is 6.54 Å². The van der Waals surface area contributed by atoms with E-state index in [1.54, 1.807) is 0 Å². The zero-order valence-electron chi connectivity index (χ0n) is 14.9. The van der Waals surface area contributed by atoms with E-state index in [1.807, 2.05) is 48.5 Å². The monoisotopic (exact) mass is 373 g/mol. The lowest BCUT2D eigenvalue weighted by molar-refractivity contribution is 0.306. The Morgan fingerprint density at radius 3 is 2.70 bits per heavy atom. The normalized spacial score (nSPS) is 15.4. The Hall–Kier alpha value is -2.73. The molecule has 1 atom stereocenters. The van der Waals surface area contributed by atoms with Crippen LogP contribution in [0.1, 0.15) is 28.3 Å². The molecule has 0 saturated carbocycles. The van der Waals surface area contributed by atoms with Gasteiger partial charge in [0.1, 0.15) is 12.4 Å². The van der Waals surface area contributed by atoms with Crippen molar-refractivity contribution in [3.05, 3.63) is 100 Å². The average Bonchev–Trinajstić information content (AvgIpc) is 2.71. The molecule has 0 bridgehead atoms. The second-order valence-electron chi connectivity index (χ2n) is 6.55. The second-order valence-corrected chi connectivity index (χ2v) is 6.98. The molecule has 3 aromatic rings. The maximum absolute atomic E-state index is 6.00. The van der Waals surface area contributed by atoms with Gasteiger partial charge in [-0.25, -0.2) is 0 Å². The number of hydrogen-bond acceptors (Lipinski definition) is 2. The summed E-state index contributed by atoms with van der Waals surface area (Å²) in [6, 6.07) is 24.2. The number of ether oxygens (including phenoxy) is 1. The summed E-state index contributed by atoms with van der Waals surface area (Å²) in [4.78, 5) is 0. The minimum atomic E-state index is 0.0914. The van der Waals surface area contributed by atoms with Gasteiger partial charge in [-0.05, 0) is 59.5 Å². The molecule has 0 saturated heterocycles. The predicted octanol–water partition coefficient (Wildman–Crippen LogP) is 5.16. The minimum absolute atomic E-state index is 0.0914. The summed E-state index contributed by atoms with van der Waals surface area (Å²) in [7, 11) is 0. The van der Waals surface area contributed by atoms with Crippen LogP contribution in [0.25, 0.3) is 0 Å². The highest BCUT2D eigenvalue weighted by Gasteiger charge is 2.16. The number of nitrogens with one attached hydrogen (secondary N) is 1.